The van der Waals surface area contributed by atoms with Gasteiger partial charge >= 0.3 is 287 Å². The summed E-state index contributed by atoms with van der Waals surface area (Å²) in [6.45, 7) is 21.3. The van der Waals surface area contributed by atoms with Crippen molar-refractivity contribution in [1.29, 1.82) is 0 Å². The van der Waals surface area contributed by atoms with Crippen molar-refractivity contribution < 1.29 is 17.4 Å². The first-order valence-electron chi connectivity index (χ1n) is 17.5. The predicted molar refractivity (Wildman–Crippen MR) is 220 cm³/mol. The first-order chi connectivity index (χ1) is 22.1. The first-order valence-corrected chi connectivity index (χ1v) is 31.0. The van der Waals surface area contributed by atoms with E-state index in [-0.39, 0.29) is 30.2 Å². The van der Waals surface area contributed by atoms with E-state index in [1.807, 2.05) is 0 Å². The zero-order valence-electron chi connectivity index (χ0n) is 30.9. The van der Waals surface area contributed by atoms with Gasteiger partial charge < -0.3 is 0 Å². The van der Waals surface area contributed by atoms with Gasteiger partial charge in [-0.05, 0) is 0 Å². The zero-order chi connectivity index (χ0) is 33.7. The molecule has 49 heavy (non-hydrogen) atoms. The molecule has 0 aromatic heterocycles. The SMILES string of the molecule is CC1=Cc2c(-c3ccc(C(C)(C)C)cc3)ccc(C)c2[CH]1[Zr]([CH3])([CH3])(=[SiH2])[C]1=C(C(C)C)C=C2C1=CC(C)N2c1cccc2ccccc12.Cl.Cl. The first kappa shape index (κ1) is 37.8. The second-order valence-electron chi connectivity index (χ2n) is 16.9. The Morgan fingerprint density at radius 1 is 0.816 bits per heavy atom. The van der Waals surface area contributed by atoms with E-state index in [0.717, 1.165) is 0 Å². The number of fused-ring (bicyclic) bond motifs is 3. The van der Waals surface area contributed by atoms with Crippen molar-refractivity contribution in [2.75, 3.05) is 4.90 Å². The monoisotopic (exact) mass is 783 g/mol. The molecule has 2 aliphatic carbocycles. The maximum Gasteiger partial charge on any atom is -0.147 e. The average molecular weight is 786 g/mol. The van der Waals surface area contributed by atoms with Crippen molar-refractivity contribution >= 4 is 54.2 Å². The number of nitrogens with zero attached hydrogens (tertiary/aromatic N) is 1. The van der Waals surface area contributed by atoms with Crippen molar-refractivity contribution in [3.63, 3.8) is 0 Å². The Labute approximate surface area is 310 Å². The number of rotatable bonds is 5. The van der Waals surface area contributed by atoms with Crippen LogP contribution in [-0.4, -0.2) is 12.9 Å². The second kappa shape index (κ2) is 13.0. The summed E-state index contributed by atoms with van der Waals surface area (Å²) < 4.78 is 7.70. The van der Waals surface area contributed by atoms with E-state index in [4.69, 9.17) is 0 Å². The topological polar surface area (TPSA) is 3.24 Å². The van der Waals surface area contributed by atoms with Crippen LogP contribution in [0.5, 0.6) is 0 Å². The summed E-state index contributed by atoms with van der Waals surface area (Å²) in [7, 11) is 0. The van der Waals surface area contributed by atoms with Gasteiger partial charge in [0.2, 0.25) is 0 Å². The molecule has 3 aliphatic rings. The van der Waals surface area contributed by atoms with Gasteiger partial charge in [-0.1, -0.05) is 0 Å². The fourth-order valence-corrected chi connectivity index (χ4v) is 28.3. The smallest absolute Gasteiger partial charge is 0.147 e. The molecule has 0 radical (unpaired) electrons. The molecule has 7 rings (SSSR count). The zero-order valence-corrected chi connectivity index (χ0v) is 36.4. The number of allylic oxidation sites excluding steroid dienone is 4. The van der Waals surface area contributed by atoms with Gasteiger partial charge in [0.1, 0.15) is 0 Å². The van der Waals surface area contributed by atoms with Crippen molar-refractivity contribution in [1.82, 2.24) is 0 Å². The molecule has 4 aromatic rings. The van der Waals surface area contributed by atoms with E-state index in [2.05, 4.69) is 174 Å². The van der Waals surface area contributed by atoms with Crippen LogP contribution in [0.1, 0.15) is 74.3 Å². The minimum atomic E-state index is -3.81. The van der Waals surface area contributed by atoms with Crippen molar-refractivity contribution in [3.8, 4) is 11.1 Å². The molecule has 0 amide bonds. The number of hydrogen-bond donors (Lipinski definition) is 0. The maximum absolute atomic E-state index is 3.81. The summed E-state index contributed by atoms with van der Waals surface area (Å²) in [5.74, 6) is 0.463. The molecule has 0 saturated heterocycles. The minimum Gasteiger partial charge on any atom is -0.147 e. The minimum absolute atomic E-state index is 0. The van der Waals surface area contributed by atoms with Gasteiger partial charge in [-0.25, -0.2) is 0 Å². The van der Waals surface area contributed by atoms with Crippen molar-refractivity contribution in [2.24, 2.45) is 5.92 Å². The number of anilines is 1. The van der Waals surface area contributed by atoms with Gasteiger partial charge in [-0.2, -0.15) is 0 Å². The van der Waals surface area contributed by atoms with Gasteiger partial charge in [-0.3, -0.25) is 0 Å². The molecule has 0 saturated carbocycles. The molecule has 1 nitrogen and oxygen atoms in total. The van der Waals surface area contributed by atoms with Crippen LogP contribution in [0.2, 0.25) is 9.26 Å². The summed E-state index contributed by atoms with van der Waals surface area (Å²) in [5, 5.41) is 2.63. The summed E-state index contributed by atoms with van der Waals surface area (Å²) in [6.07, 6.45) is 7.74. The third-order valence-corrected chi connectivity index (χ3v) is 27.6. The summed E-state index contributed by atoms with van der Waals surface area (Å²) >= 11 is -3.81. The molecule has 2 atom stereocenters. The number of hydrogen-bond acceptors (Lipinski definition) is 1. The van der Waals surface area contributed by atoms with E-state index < -0.39 is 17.4 Å². The Morgan fingerprint density at radius 3 is 2.12 bits per heavy atom. The van der Waals surface area contributed by atoms with E-state index in [9.17, 15) is 0 Å². The van der Waals surface area contributed by atoms with Crippen LogP contribution in [0.3, 0.4) is 0 Å². The van der Waals surface area contributed by atoms with E-state index in [0.29, 0.717) is 15.6 Å². The molecule has 1 aliphatic heterocycles. The van der Waals surface area contributed by atoms with Crippen LogP contribution in [0, 0.1) is 12.8 Å². The molecular formula is C44H53Cl2NSiZr. The molecule has 0 spiro atoms. The molecule has 0 bridgehead atoms. The third-order valence-electron chi connectivity index (χ3n) is 11.3. The van der Waals surface area contributed by atoms with Crippen molar-refractivity contribution in [3.05, 3.63) is 139 Å². The molecule has 1 heterocycles. The molecule has 4 aromatic carbocycles. The Balaban J connectivity index is 0.00000234. The summed E-state index contributed by atoms with van der Waals surface area (Å²) in [4.78, 5) is 2.62. The number of benzene rings is 4. The maximum atomic E-state index is 2.75. The Bertz CT molecular complexity index is 2160. The normalized spacial score (nSPS) is 18.9. The standard InChI is InChI=1S/C21H20N.C21H23.2CH3.2ClH.H2Si.Zr/c1-14(2)17-12-18-11-15(3)22(21(18)13-17)20-10-6-8-16-7-4-5-9-19(16)20;1-14-12-19-15(2)6-11-18(20(19)13-14)16-7-9-17(10-8-16)21(3,4)5;;;;;;/h4-11,13-15H,1-3H3;6-13H,1-5H3;2*1H3;2*1H;1H2;. The average Bonchev–Trinajstić information content (AvgIpc) is 3.66. The fourth-order valence-electron chi connectivity index (χ4n) is 9.18. The molecular weight excluding hydrogens is 733 g/mol. The fraction of sp³-hybridized carbons (Fsp3) is 0.318. The van der Waals surface area contributed by atoms with Gasteiger partial charge in [0.05, 0.1) is 0 Å². The Kier molecular flexibility index (Phi) is 10.0. The van der Waals surface area contributed by atoms with Gasteiger partial charge in [-0.15, -0.1) is 24.8 Å². The molecule has 256 valence electrons. The molecule has 0 fully saturated rings. The van der Waals surface area contributed by atoms with Crippen LogP contribution in [0.15, 0.2) is 117 Å². The van der Waals surface area contributed by atoms with Crippen LogP contribution in [-0.2, 0) is 22.8 Å². The van der Waals surface area contributed by atoms with E-state index >= 15 is 0 Å². The van der Waals surface area contributed by atoms with E-state index in [1.165, 1.54) is 55.5 Å². The van der Waals surface area contributed by atoms with E-state index in [1.54, 1.807) is 20.0 Å². The summed E-state index contributed by atoms with van der Waals surface area (Å²) in [6, 6.07) is 30.1. The molecule has 5 heteroatoms. The Hall–Kier alpha value is -2.42. The van der Waals surface area contributed by atoms with Crippen molar-refractivity contribution in [2.45, 2.75) is 79.7 Å². The van der Waals surface area contributed by atoms with Crippen LogP contribution < -0.4 is 4.90 Å². The quantitative estimate of drug-likeness (QED) is 0.182. The van der Waals surface area contributed by atoms with Gasteiger partial charge in [0, 0.05) is 0 Å². The predicted octanol–water partition coefficient (Wildman–Crippen LogP) is 12.4. The van der Waals surface area contributed by atoms with Crippen LogP contribution in [0.25, 0.3) is 28.0 Å². The van der Waals surface area contributed by atoms with Crippen LogP contribution >= 0.6 is 24.8 Å². The van der Waals surface area contributed by atoms with Gasteiger partial charge in [0.15, 0.2) is 0 Å². The number of halogens is 2. The number of aryl methyl sites for hydroxylation is 1. The molecule has 0 N–H and O–H groups in total. The largest absolute Gasteiger partial charge is 0.147 e. The Morgan fingerprint density at radius 2 is 1.47 bits per heavy atom. The summed E-state index contributed by atoms with van der Waals surface area (Å²) in [5.41, 5.74) is 16.1. The van der Waals surface area contributed by atoms with Gasteiger partial charge in [0.25, 0.3) is 0 Å². The second-order valence-corrected chi connectivity index (χ2v) is 46.3. The van der Waals surface area contributed by atoms with Crippen LogP contribution in [0.4, 0.5) is 5.69 Å². The third kappa shape index (κ3) is 6.05. The molecule has 2 unspecified atom stereocenters.